The monoisotopic (exact) mass is 474 g/mol. The number of amides is 1. The lowest BCUT2D eigenvalue weighted by Gasteiger charge is -2.19. The van der Waals surface area contributed by atoms with Gasteiger partial charge >= 0.3 is 0 Å². The number of methoxy groups -OCH3 is 1. The topological polar surface area (TPSA) is 87.5 Å². The van der Waals surface area contributed by atoms with Crippen LogP contribution in [0.15, 0.2) is 78.0 Å². The number of fused-ring (bicyclic) bond motifs is 1. The Morgan fingerprint density at radius 1 is 1.00 bits per heavy atom. The summed E-state index contributed by atoms with van der Waals surface area (Å²) in [5, 5.41) is 12.3. The van der Waals surface area contributed by atoms with Crippen LogP contribution in [0.5, 0.6) is 17.2 Å². The Bertz CT molecular complexity index is 1290. The molecule has 8 nitrogen and oxygen atoms in total. The molecule has 1 amide bonds. The maximum absolute atomic E-state index is 12.7. The summed E-state index contributed by atoms with van der Waals surface area (Å²) >= 11 is 1.31. The number of carbonyl (C=O) groups excluding carboxylic acids is 1. The third-order valence-electron chi connectivity index (χ3n) is 5.15. The molecule has 3 aromatic carbocycles. The van der Waals surface area contributed by atoms with Crippen molar-refractivity contribution < 1.29 is 19.0 Å². The van der Waals surface area contributed by atoms with Crippen LogP contribution in [0.25, 0.3) is 17.1 Å². The van der Waals surface area contributed by atoms with Crippen LogP contribution < -0.4 is 19.5 Å². The lowest BCUT2D eigenvalue weighted by molar-refractivity contribution is -0.113. The van der Waals surface area contributed by atoms with Crippen molar-refractivity contribution in [3.05, 3.63) is 72.8 Å². The molecule has 1 aromatic heterocycles. The van der Waals surface area contributed by atoms with Gasteiger partial charge in [-0.25, -0.2) is 0 Å². The molecule has 0 unspecified atom stereocenters. The zero-order valence-corrected chi connectivity index (χ0v) is 19.2. The van der Waals surface area contributed by atoms with E-state index in [0.29, 0.717) is 41.4 Å². The van der Waals surface area contributed by atoms with E-state index in [9.17, 15) is 4.79 Å². The van der Waals surface area contributed by atoms with E-state index < -0.39 is 0 Å². The van der Waals surface area contributed by atoms with Crippen LogP contribution in [0.4, 0.5) is 5.69 Å². The van der Waals surface area contributed by atoms with Gasteiger partial charge in [0.15, 0.2) is 22.5 Å². The van der Waals surface area contributed by atoms with Crippen molar-refractivity contribution in [1.29, 1.82) is 0 Å². The van der Waals surface area contributed by atoms with Crippen molar-refractivity contribution in [2.75, 3.05) is 31.4 Å². The molecule has 1 aliphatic rings. The molecule has 0 aliphatic carbocycles. The first kappa shape index (κ1) is 21.8. The van der Waals surface area contributed by atoms with Crippen molar-refractivity contribution in [1.82, 2.24) is 14.8 Å². The van der Waals surface area contributed by atoms with E-state index in [-0.39, 0.29) is 11.7 Å². The summed E-state index contributed by atoms with van der Waals surface area (Å²) in [5.41, 5.74) is 2.45. The first-order valence-corrected chi connectivity index (χ1v) is 11.7. The number of hydrogen-bond donors (Lipinski definition) is 1. The lowest BCUT2D eigenvalue weighted by Crippen LogP contribution is -2.17. The normalized spacial score (nSPS) is 12.3. The molecule has 0 bridgehead atoms. The van der Waals surface area contributed by atoms with E-state index in [0.717, 1.165) is 17.0 Å². The number of anilines is 1. The van der Waals surface area contributed by atoms with Crippen molar-refractivity contribution >= 4 is 23.4 Å². The highest BCUT2D eigenvalue weighted by Gasteiger charge is 2.18. The molecule has 1 N–H and O–H groups in total. The Balaban J connectivity index is 1.36. The van der Waals surface area contributed by atoms with E-state index in [1.54, 1.807) is 25.3 Å². The lowest BCUT2D eigenvalue weighted by atomic mass is 10.2. The molecule has 0 atom stereocenters. The van der Waals surface area contributed by atoms with Crippen LogP contribution >= 0.6 is 11.8 Å². The Morgan fingerprint density at radius 2 is 1.76 bits per heavy atom. The van der Waals surface area contributed by atoms with Gasteiger partial charge in [-0.15, -0.1) is 10.2 Å². The average molecular weight is 475 g/mol. The number of hydrogen-bond acceptors (Lipinski definition) is 7. The highest BCUT2D eigenvalue weighted by atomic mass is 32.2. The highest BCUT2D eigenvalue weighted by molar-refractivity contribution is 7.99. The molecule has 0 fully saturated rings. The Morgan fingerprint density at radius 3 is 2.53 bits per heavy atom. The fraction of sp³-hybridized carbons (Fsp3) is 0.160. The number of nitrogens with zero attached hydrogens (tertiary/aromatic N) is 3. The smallest absolute Gasteiger partial charge is 0.234 e. The van der Waals surface area contributed by atoms with Gasteiger partial charge in [0, 0.05) is 23.0 Å². The summed E-state index contributed by atoms with van der Waals surface area (Å²) in [5.74, 6) is 2.76. The minimum atomic E-state index is -0.160. The molecule has 2 heterocycles. The molecule has 1 aliphatic heterocycles. The quantitative estimate of drug-likeness (QED) is 0.396. The number of carbonyl (C=O) groups is 1. The van der Waals surface area contributed by atoms with Crippen LogP contribution in [0, 0.1) is 0 Å². The number of nitrogens with one attached hydrogen (secondary N) is 1. The van der Waals surface area contributed by atoms with Gasteiger partial charge in [0.1, 0.15) is 19.0 Å². The van der Waals surface area contributed by atoms with E-state index in [1.165, 1.54) is 11.8 Å². The molecule has 0 spiro atoms. The van der Waals surface area contributed by atoms with Gasteiger partial charge in [-0.05, 0) is 36.4 Å². The first-order chi connectivity index (χ1) is 16.7. The van der Waals surface area contributed by atoms with Crippen LogP contribution in [0.2, 0.25) is 0 Å². The fourth-order valence-corrected chi connectivity index (χ4v) is 4.30. The van der Waals surface area contributed by atoms with E-state index >= 15 is 0 Å². The van der Waals surface area contributed by atoms with Crippen LogP contribution in [0.3, 0.4) is 0 Å². The minimum absolute atomic E-state index is 0.160. The summed E-state index contributed by atoms with van der Waals surface area (Å²) in [4.78, 5) is 12.7. The second kappa shape index (κ2) is 9.88. The second-order valence-electron chi connectivity index (χ2n) is 7.40. The summed E-state index contributed by atoms with van der Waals surface area (Å²) < 4.78 is 18.3. The van der Waals surface area contributed by atoms with Gasteiger partial charge in [-0.3, -0.25) is 9.36 Å². The van der Waals surface area contributed by atoms with Crippen LogP contribution in [-0.4, -0.2) is 46.7 Å². The third-order valence-corrected chi connectivity index (χ3v) is 6.08. The molecule has 0 saturated heterocycles. The van der Waals surface area contributed by atoms with Crippen LogP contribution in [-0.2, 0) is 4.79 Å². The standard InChI is InChI=1S/C25H22N4O4S/c1-31-20-10-8-19(9-11-20)29-24(17-5-3-2-4-6-17)27-28-25(29)34-16-23(30)26-18-7-12-21-22(15-18)33-14-13-32-21/h2-12,15H,13-14,16H2,1H3,(H,26,30). The number of aromatic nitrogens is 3. The van der Waals surface area contributed by atoms with Gasteiger partial charge in [0.2, 0.25) is 5.91 Å². The van der Waals surface area contributed by atoms with Crippen molar-refractivity contribution in [2.24, 2.45) is 0 Å². The van der Waals surface area contributed by atoms with Gasteiger partial charge < -0.3 is 19.5 Å². The summed E-state index contributed by atoms with van der Waals surface area (Å²) in [6.07, 6.45) is 0. The van der Waals surface area contributed by atoms with Crippen LogP contribution in [0.1, 0.15) is 0 Å². The highest BCUT2D eigenvalue weighted by Crippen LogP contribution is 2.33. The summed E-state index contributed by atoms with van der Waals surface area (Å²) in [6, 6.07) is 22.8. The predicted octanol–water partition coefficient (Wildman–Crippen LogP) is 4.44. The molecule has 5 rings (SSSR count). The zero-order chi connectivity index (χ0) is 23.3. The Kier molecular flexibility index (Phi) is 6.35. The van der Waals surface area contributed by atoms with E-state index in [4.69, 9.17) is 14.2 Å². The average Bonchev–Trinajstić information content (AvgIpc) is 3.32. The zero-order valence-electron chi connectivity index (χ0n) is 18.4. The maximum Gasteiger partial charge on any atom is 0.234 e. The summed E-state index contributed by atoms with van der Waals surface area (Å²) in [6.45, 7) is 1.01. The largest absolute Gasteiger partial charge is 0.497 e. The van der Waals surface area contributed by atoms with Crippen molar-refractivity contribution in [2.45, 2.75) is 5.16 Å². The predicted molar refractivity (Wildman–Crippen MR) is 130 cm³/mol. The maximum atomic E-state index is 12.7. The number of ether oxygens (including phenoxy) is 3. The number of rotatable bonds is 7. The Labute approximate surface area is 200 Å². The number of thioether (sulfide) groups is 1. The molecular weight excluding hydrogens is 452 g/mol. The van der Waals surface area contributed by atoms with Gasteiger partial charge in [-0.2, -0.15) is 0 Å². The molecule has 4 aromatic rings. The van der Waals surface area contributed by atoms with Gasteiger partial charge in [0.05, 0.1) is 12.9 Å². The second-order valence-corrected chi connectivity index (χ2v) is 8.34. The Hall–Kier alpha value is -3.98. The molecule has 34 heavy (non-hydrogen) atoms. The minimum Gasteiger partial charge on any atom is -0.497 e. The summed E-state index contributed by atoms with van der Waals surface area (Å²) in [7, 11) is 1.63. The van der Waals surface area contributed by atoms with E-state index in [1.807, 2.05) is 59.2 Å². The molecule has 0 radical (unpaired) electrons. The fourth-order valence-electron chi connectivity index (χ4n) is 3.55. The third kappa shape index (κ3) is 4.69. The SMILES string of the molecule is COc1ccc(-n2c(SCC(=O)Nc3ccc4c(c3)OCCO4)nnc2-c2ccccc2)cc1. The van der Waals surface area contributed by atoms with Gasteiger partial charge in [0.25, 0.3) is 0 Å². The molecule has 172 valence electrons. The van der Waals surface area contributed by atoms with Crippen molar-refractivity contribution in [3.63, 3.8) is 0 Å². The van der Waals surface area contributed by atoms with E-state index in [2.05, 4.69) is 15.5 Å². The molecular formula is C25H22N4O4S. The molecule has 9 heteroatoms. The molecule has 0 saturated carbocycles. The van der Waals surface area contributed by atoms with Gasteiger partial charge in [-0.1, -0.05) is 42.1 Å². The first-order valence-electron chi connectivity index (χ1n) is 10.7. The number of benzene rings is 3. The van der Waals surface area contributed by atoms with Crippen molar-refractivity contribution in [3.8, 4) is 34.3 Å².